The molecule has 0 aromatic heterocycles. The minimum absolute atomic E-state index is 0.244. The summed E-state index contributed by atoms with van der Waals surface area (Å²) in [5.74, 6) is 0. The molecule has 0 radical (unpaired) electrons. The summed E-state index contributed by atoms with van der Waals surface area (Å²) in [6.07, 6.45) is 8.02. The zero-order valence-corrected chi connectivity index (χ0v) is 9.43. The third-order valence-corrected chi connectivity index (χ3v) is 1.59. The molecule has 0 unspecified atom stereocenters. The van der Waals surface area contributed by atoms with Crippen molar-refractivity contribution in [1.29, 1.82) is 0 Å². The molecule has 0 N–H and O–H groups in total. The molecular weight excluding hydrogens is 156 g/mol. The van der Waals surface area contributed by atoms with Crippen LogP contribution in [0, 0.1) is 5.41 Å². The SMILES string of the molecule is C=C.C=C/C=C\C(=C/C)C(C)(C)C. The van der Waals surface area contributed by atoms with Crippen molar-refractivity contribution in [1.82, 2.24) is 0 Å². The largest absolute Gasteiger partial charge is 0.106 e. The van der Waals surface area contributed by atoms with Crippen molar-refractivity contribution < 1.29 is 0 Å². The lowest BCUT2D eigenvalue weighted by atomic mass is 9.86. The van der Waals surface area contributed by atoms with Crippen LogP contribution in [0.15, 0.2) is 49.6 Å². The average molecular weight is 178 g/mol. The first-order chi connectivity index (χ1) is 6.02. The van der Waals surface area contributed by atoms with E-state index in [1.165, 1.54) is 5.57 Å². The molecule has 0 nitrogen and oxygen atoms in total. The summed E-state index contributed by atoms with van der Waals surface area (Å²) in [5.41, 5.74) is 1.59. The van der Waals surface area contributed by atoms with Crippen LogP contribution in [0.25, 0.3) is 0 Å². The number of allylic oxidation sites excluding steroid dienone is 5. The molecule has 74 valence electrons. The van der Waals surface area contributed by atoms with E-state index in [0.717, 1.165) is 0 Å². The monoisotopic (exact) mass is 178 g/mol. The lowest BCUT2D eigenvalue weighted by Crippen LogP contribution is -2.06. The molecule has 0 aliphatic heterocycles. The topological polar surface area (TPSA) is 0 Å². The quantitative estimate of drug-likeness (QED) is 0.430. The first-order valence-corrected chi connectivity index (χ1v) is 4.48. The van der Waals surface area contributed by atoms with Gasteiger partial charge in [-0.25, -0.2) is 0 Å². The molecule has 0 aromatic rings. The lowest BCUT2D eigenvalue weighted by Gasteiger charge is -2.19. The zero-order valence-electron chi connectivity index (χ0n) is 9.43. The fraction of sp³-hybridized carbons (Fsp3) is 0.385. The summed E-state index contributed by atoms with van der Waals surface area (Å²) in [6, 6.07) is 0. The fourth-order valence-electron chi connectivity index (χ4n) is 0.951. The van der Waals surface area contributed by atoms with E-state index in [9.17, 15) is 0 Å². The van der Waals surface area contributed by atoms with Crippen molar-refractivity contribution in [2.24, 2.45) is 5.41 Å². The van der Waals surface area contributed by atoms with E-state index in [-0.39, 0.29) is 5.41 Å². The van der Waals surface area contributed by atoms with Gasteiger partial charge in [-0.15, -0.1) is 13.2 Å². The van der Waals surface area contributed by atoms with Crippen LogP contribution in [0.2, 0.25) is 0 Å². The van der Waals surface area contributed by atoms with Crippen LogP contribution in [0.3, 0.4) is 0 Å². The minimum Gasteiger partial charge on any atom is -0.106 e. The molecule has 0 aliphatic carbocycles. The van der Waals surface area contributed by atoms with Crippen molar-refractivity contribution in [3.63, 3.8) is 0 Å². The van der Waals surface area contributed by atoms with Gasteiger partial charge in [-0.05, 0) is 17.9 Å². The van der Waals surface area contributed by atoms with Crippen molar-refractivity contribution in [2.75, 3.05) is 0 Å². The Kier molecular flexibility index (Phi) is 8.47. The van der Waals surface area contributed by atoms with Gasteiger partial charge in [-0.2, -0.15) is 0 Å². The van der Waals surface area contributed by atoms with E-state index >= 15 is 0 Å². The molecule has 0 bridgehead atoms. The summed E-state index contributed by atoms with van der Waals surface area (Å²) in [4.78, 5) is 0. The van der Waals surface area contributed by atoms with Crippen LogP contribution in [0.4, 0.5) is 0 Å². The summed E-state index contributed by atoms with van der Waals surface area (Å²) < 4.78 is 0. The third kappa shape index (κ3) is 7.32. The summed E-state index contributed by atoms with van der Waals surface area (Å²) >= 11 is 0. The number of hydrogen-bond donors (Lipinski definition) is 0. The van der Waals surface area contributed by atoms with Crippen molar-refractivity contribution in [2.45, 2.75) is 27.7 Å². The van der Waals surface area contributed by atoms with E-state index in [1.807, 2.05) is 6.08 Å². The molecule has 0 aromatic carbocycles. The molecule has 0 fully saturated rings. The minimum atomic E-state index is 0.244. The van der Waals surface area contributed by atoms with Gasteiger partial charge in [-0.1, -0.05) is 51.7 Å². The first kappa shape index (κ1) is 14.5. The van der Waals surface area contributed by atoms with Crippen LogP contribution < -0.4 is 0 Å². The molecule has 0 rings (SSSR count). The van der Waals surface area contributed by atoms with Gasteiger partial charge in [-0.3, -0.25) is 0 Å². The number of hydrogen-bond acceptors (Lipinski definition) is 0. The van der Waals surface area contributed by atoms with Gasteiger partial charge >= 0.3 is 0 Å². The molecular formula is C13H22. The summed E-state index contributed by atoms with van der Waals surface area (Å²) in [7, 11) is 0. The number of rotatable bonds is 2. The summed E-state index contributed by atoms with van der Waals surface area (Å²) in [6.45, 7) is 18.3. The molecule has 0 saturated carbocycles. The molecule has 0 spiro atoms. The lowest BCUT2D eigenvalue weighted by molar-refractivity contribution is 0.516. The van der Waals surface area contributed by atoms with Gasteiger partial charge in [0.05, 0.1) is 0 Å². The van der Waals surface area contributed by atoms with Crippen LogP contribution in [0.1, 0.15) is 27.7 Å². The highest BCUT2D eigenvalue weighted by Crippen LogP contribution is 2.25. The highest BCUT2D eigenvalue weighted by molar-refractivity contribution is 5.26. The third-order valence-electron chi connectivity index (χ3n) is 1.59. The van der Waals surface area contributed by atoms with Gasteiger partial charge in [0.1, 0.15) is 0 Å². The van der Waals surface area contributed by atoms with E-state index in [4.69, 9.17) is 0 Å². The van der Waals surface area contributed by atoms with Gasteiger partial charge in [0, 0.05) is 0 Å². The second-order valence-corrected chi connectivity index (χ2v) is 3.59. The van der Waals surface area contributed by atoms with E-state index < -0.39 is 0 Å². The molecule has 13 heavy (non-hydrogen) atoms. The Balaban J connectivity index is 0. The molecule has 0 aliphatic rings. The van der Waals surface area contributed by atoms with Crippen molar-refractivity contribution in [3.8, 4) is 0 Å². The highest BCUT2D eigenvalue weighted by Gasteiger charge is 2.12. The Bertz CT molecular complexity index is 187. The predicted molar refractivity (Wildman–Crippen MR) is 63.8 cm³/mol. The summed E-state index contributed by atoms with van der Waals surface area (Å²) in [5, 5.41) is 0. The molecule has 0 saturated heterocycles. The van der Waals surface area contributed by atoms with Gasteiger partial charge in [0.25, 0.3) is 0 Å². The second kappa shape index (κ2) is 7.60. The highest BCUT2D eigenvalue weighted by atomic mass is 14.2. The average Bonchev–Trinajstić information content (AvgIpc) is 2.07. The van der Waals surface area contributed by atoms with Gasteiger partial charge in [0.15, 0.2) is 0 Å². The predicted octanol–water partition coefficient (Wildman–Crippen LogP) is 4.52. The van der Waals surface area contributed by atoms with Gasteiger partial charge < -0.3 is 0 Å². The van der Waals surface area contributed by atoms with E-state index in [2.05, 4.69) is 59.6 Å². The van der Waals surface area contributed by atoms with E-state index in [0.29, 0.717) is 0 Å². The Morgan fingerprint density at radius 3 is 1.85 bits per heavy atom. The zero-order chi connectivity index (χ0) is 10.9. The van der Waals surface area contributed by atoms with Gasteiger partial charge in [0.2, 0.25) is 0 Å². The van der Waals surface area contributed by atoms with Crippen LogP contribution in [0.5, 0.6) is 0 Å². The Labute approximate surface area is 83.4 Å². The van der Waals surface area contributed by atoms with Crippen LogP contribution >= 0.6 is 0 Å². The van der Waals surface area contributed by atoms with Crippen molar-refractivity contribution >= 4 is 0 Å². The van der Waals surface area contributed by atoms with Crippen molar-refractivity contribution in [3.05, 3.63) is 49.6 Å². The maximum Gasteiger partial charge on any atom is -0.0135 e. The molecule has 0 heterocycles. The molecule has 0 heteroatoms. The second-order valence-electron chi connectivity index (χ2n) is 3.59. The first-order valence-electron chi connectivity index (χ1n) is 4.48. The smallest absolute Gasteiger partial charge is 0.0135 e. The molecule has 0 amide bonds. The normalized spacial score (nSPS) is 12.2. The fourth-order valence-corrected chi connectivity index (χ4v) is 0.951. The maximum atomic E-state index is 3.63. The van der Waals surface area contributed by atoms with Crippen LogP contribution in [-0.2, 0) is 0 Å². The Morgan fingerprint density at radius 1 is 1.15 bits per heavy atom. The maximum absolute atomic E-state index is 3.63. The van der Waals surface area contributed by atoms with Crippen LogP contribution in [-0.4, -0.2) is 0 Å². The van der Waals surface area contributed by atoms with E-state index in [1.54, 1.807) is 6.08 Å². The standard InChI is InChI=1S/C11H18.C2H4/c1-6-8-9-10(7-2)11(3,4)5;1-2/h6-9H,1H2,2-5H3;1-2H2/b9-8-,10-7+;. The Hall–Kier alpha value is -1.04. The Morgan fingerprint density at radius 2 is 1.62 bits per heavy atom. The molecule has 0 atom stereocenters.